The number of rotatable bonds is 5. The van der Waals surface area contributed by atoms with E-state index in [1.54, 1.807) is 24.3 Å². The number of para-hydroxylation sites is 1. The summed E-state index contributed by atoms with van der Waals surface area (Å²) in [5.74, 6) is -2.76. The number of amides is 4. The molecule has 0 aromatic heterocycles. The molecule has 1 fully saturated rings. The molecule has 29 heavy (non-hydrogen) atoms. The number of ether oxygens (including phenoxy) is 1. The molecule has 0 aliphatic carbocycles. The maximum absolute atomic E-state index is 13.2. The van der Waals surface area contributed by atoms with Gasteiger partial charge in [0.15, 0.2) is 6.61 Å². The number of carbonyl (C=O) groups excluding carboxylic acids is 5. The number of anilines is 1. The van der Waals surface area contributed by atoms with E-state index in [0.29, 0.717) is 17.7 Å². The number of nitrogens with one attached hydrogen (secondary N) is 2. The van der Waals surface area contributed by atoms with Gasteiger partial charge in [0.25, 0.3) is 11.8 Å². The molecule has 0 saturated carbocycles. The van der Waals surface area contributed by atoms with E-state index < -0.39 is 30.1 Å². The van der Waals surface area contributed by atoms with Gasteiger partial charge >= 0.3 is 5.97 Å². The summed E-state index contributed by atoms with van der Waals surface area (Å²) >= 11 is 0. The Labute approximate surface area is 167 Å². The van der Waals surface area contributed by atoms with Crippen LogP contribution in [0.3, 0.4) is 0 Å². The molecule has 1 aromatic rings. The summed E-state index contributed by atoms with van der Waals surface area (Å²) in [7, 11) is 0. The van der Waals surface area contributed by atoms with Gasteiger partial charge in [-0.25, -0.2) is 4.79 Å². The predicted molar refractivity (Wildman–Crippen MR) is 100 cm³/mol. The van der Waals surface area contributed by atoms with Crippen LogP contribution in [-0.2, 0) is 23.9 Å². The number of hydrogen-bond donors (Lipinski definition) is 2. The molecule has 0 radical (unpaired) electrons. The van der Waals surface area contributed by atoms with Crippen LogP contribution in [0.4, 0.5) is 5.69 Å². The second-order valence-electron chi connectivity index (χ2n) is 6.83. The minimum atomic E-state index is -1.63. The summed E-state index contributed by atoms with van der Waals surface area (Å²) in [5, 5.41) is 0. The maximum atomic E-state index is 13.2. The van der Waals surface area contributed by atoms with Gasteiger partial charge in [0, 0.05) is 26.3 Å². The largest absolute Gasteiger partial charge is 0.452 e. The first-order chi connectivity index (χ1) is 13.8. The summed E-state index contributed by atoms with van der Waals surface area (Å²) in [5.41, 5.74) is 3.24. The summed E-state index contributed by atoms with van der Waals surface area (Å²) in [4.78, 5) is 64.3. The van der Waals surface area contributed by atoms with Gasteiger partial charge < -0.3 is 9.64 Å². The van der Waals surface area contributed by atoms with E-state index in [9.17, 15) is 24.0 Å². The molecule has 0 bridgehead atoms. The smallest absolute Gasteiger partial charge is 0.354 e. The Hall–Kier alpha value is -3.43. The molecule has 2 aliphatic rings. The molecule has 1 atom stereocenters. The van der Waals surface area contributed by atoms with E-state index in [1.165, 1.54) is 16.7 Å². The van der Waals surface area contributed by atoms with Crippen LogP contribution in [0, 0.1) is 0 Å². The maximum Gasteiger partial charge on any atom is 0.354 e. The molecule has 154 valence electrons. The number of hydrazine groups is 1. The lowest BCUT2D eigenvalue weighted by Crippen LogP contribution is -2.68. The average molecular weight is 402 g/mol. The van der Waals surface area contributed by atoms with Crippen molar-refractivity contribution in [1.82, 2.24) is 15.8 Å². The fourth-order valence-electron chi connectivity index (χ4n) is 3.72. The highest BCUT2D eigenvalue weighted by Crippen LogP contribution is 2.45. The number of fused-ring (bicyclic) bond motifs is 3. The molecular formula is C19H22N4O6. The second kappa shape index (κ2) is 7.90. The van der Waals surface area contributed by atoms with Gasteiger partial charge in [-0.05, 0) is 18.6 Å². The number of nitrogens with zero attached hydrogens (tertiary/aromatic N) is 2. The van der Waals surface area contributed by atoms with E-state index in [1.807, 2.05) is 6.92 Å². The minimum Gasteiger partial charge on any atom is -0.452 e. The Kier molecular flexibility index (Phi) is 5.53. The zero-order valence-corrected chi connectivity index (χ0v) is 16.2. The van der Waals surface area contributed by atoms with Crippen molar-refractivity contribution in [2.75, 3.05) is 18.1 Å². The van der Waals surface area contributed by atoms with Crippen LogP contribution < -0.4 is 15.8 Å². The molecule has 10 heteroatoms. The van der Waals surface area contributed by atoms with Gasteiger partial charge in [0.1, 0.15) is 0 Å². The van der Waals surface area contributed by atoms with E-state index in [-0.39, 0.29) is 31.2 Å². The van der Waals surface area contributed by atoms with E-state index in [2.05, 4.69) is 10.9 Å². The van der Waals surface area contributed by atoms with Gasteiger partial charge in [-0.15, -0.1) is 0 Å². The van der Waals surface area contributed by atoms with Crippen LogP contribution in [0.2, 0.25) is 0 Å². The lowest BCUT2D eigenvalue weighted by Gasteiger charge is -2.48. The first kappa shape index (κ1) is 20.3. The molecular weight excluding hydrogens is 380 g/mol. The van der Waals surface area contributed by atoms with Crippen LogP contribution in [0.1, 0.15) is 43.5 Å². The van der Waals surface area contributed by atoms with Crippen LogP contribution in [0.15, 0.2) is 24.3 Å². The highest BCUT2D eigenvalue weighted by atomic mass is 16.5. The molecule has 2 aliphatic heterocycles. The van der Waals surface area contributed by atoms with Gasteiger partial charge in [-0.3, -0.25) is 34.9 Å². The standard InChI is InChI=1S/C19H22N4O6/c1-3-10-22-17(27)13-6-4-5-7-14(13)23-16(26)8-9-19(22,23)18(28)29-11-15(25)21-20-12(2)24/h4-7H,3,8-11H2,1-2H3,(H,20,24)(H,21,25)/t19-/m1/s1. The number of esters is 1. The Morgan fingerprint density at radius 2 is 1.90 bits per heavy atom. The fourth-order valence-corrected chi connectivity index (χ4v) is 3.72. The Morgan fingerprint density at radius 3 is 2.59 bits per heavy atom. The topological polar surface area (TPSA) is 125 Å². The fraction of sp³-hybridized carbons (Fsp3) is 0.421. The van der Waals surface area contributed by atoms with Gasteiger partial charge in [0.05, 0.1) is 11.3 Å². The molecule has 2 N–H and O–H groups in total. The molecule has 4 amide bonds. The molecule has 2 heterocycles. The van der Waals surface area contributed by atoms with Crippen molar-refractivity contribution in [1.29, 1.82) is 0 Å². The first-order valence-corrected chi connectivity index (χ1v) is 9.29. The Bertz CT molecular complexity index is 885. The third kappa shape index (κ3) is 3.41. The quantitative estimate of drug-likeness (QED) is 0.531. The second-order valence-corrected chi connectivity index (χ2v) is 6.83. The third-order valence-electron chi connectivity index (χ3n) is 4.86. The van der Waals surface area contributed by atoms with Crippen molar-refractivity contribution in [3.8, 4) is 0 Å². The zero-order chi connectivity index (χ0) is 21.2. The minimum absolute atomic E-state index is 0.0645. The molecule has 1 saturated heterocycles. The van der Waals surface area contributed by atoms with Crippen molar-refractivity contribution in [3.63, 3.8) is 0 Å². The van der Waals surface area contributed by atoms with Gasteiger partial charge in [0.2, 0.25) is 17.5 Å². The zero-order valence-electron chi connectivity index (χ0n) is 16.2. The monoisotopic (exact) mass is 402 g/mol. The van der Waals surface area contributed by atoms with Crippen molar-refractivity contribution in [2.24, 2.45) is 0 Å². The van der Waals surface area contributed by atoms with Crippen LogP contribution in [0.25, 0.3) is 0 Å². The third-order valence-corrected chi connectivity index (χ3v) is 4.86. The van der Waals surface area contributed by atoms with Gasteiger partial charge in [-0.2, -0.15) is 0 Å². The van der Waals surface area contributed by atoms with Crippen molar-refractivity contribution >= 4 is 35.3 Å². The van der Waals surface area contributed by atoms with Crippen molar-refractivity contribution in [2.45, 2.75) is 38.8 Å². The summed E-state index contributed by atoms with van der Waals surface area (Å²) in [6, 6.07) is 6.61. The summed E-state index contributed by atoms with van der Waals surface area (Å²) in [6.45, 7) is 2.64. The SMILES string of the molecule is CCCN1C(=O)c2ccccc2N2C(=O)CC[C@@]12C(=O)OCC(=O)NNC(C)=O. The van der Waals surface area contributed by atoms with Crippen molar-refractivity contribution < 1.29 is 28.7 Å². The van der Waals surface area contributed by atoms with Crippen molar-refractivity contribution in [3.05, 3.63) is 29.8 Å². The molecule has 0 unspecified atom stereocenters. The predicted octanol–water partition coefficient (Wildman–Crippen LogP) is 0.0860. The highest BCUT2D eigenvalue weighted by Gasteiger charge is 2.61. The van der Waals surface area contributed by atoms with E-state index in [4.69, 9.17) is 4.74 Å². The van der Waals surface area contributed by atoms with Gasteiger partial charge in [-0.1, -0.05) is 19.1 Å². The number of hydrogen-bond acceptors (Lipinski definition) is 6. The van der Waals surface area contributed by atoms with E-state index in [0.717, 1.165) is 0 Å². The highest BCUT2D eigenvalue weighted by molar-refractivity contribution is 6.15. The van der Waals surface area contributed by atoms with Crippen LogP contribution in [0.5, 0.6) is 0 Å². The Morgan fingerprint density at radius 1 is 1.17 bits per heavy atom. The molecule has 10 nitrogen and oxygen atoms in total. The summed E-state index contributed by atoms with van der Waals surface area (Å²) in [6.07, 6.45) is 0.695. The Balaban J connectivity index is 1.93. The summed E-state index contributed by atoms with van der Waals surface area (Å²) < 4.78 is 5.18. The lowest BCUT2D eigenvalue weighted by molar-refractivity contribution is -0.160. The first-order valence-electron chi connectivity index (χ1n) is 9.29. The van der Waals surface area contributed by atoms with Crippen LogP contribution >= 0.6 is 0 Å². The normalized spacial score (nSPS) is 20.1. The molecule has 0 spiro atoms. The molecule has 3 rings (SSSR count). The average Bonchev–Trinajstić information content (AvgIpc) is 3.06. The number of carbonyl (C=O) groups is 5. The molecule has 1 aromatic carbocycles. The van der Waals surface area contributed by atoms with Crippen LogP contribution in [-0.4, -0.2) is 53.3 Å². The number of benzene rings is 1. The lowest BCUT2D eigenvalue weighted by atomic mass is 9.96. The van der Waals surface area contributed by atoms with E-state index >= 15 is 0 Å².